The Kier molecular flexibility index (Phi) is 7.16. The lowest BCUT2D eigenvalue weighted by Gasteiger charge is -2.30. The van der Waals surface area contributed by atoms with E-state index in [1.54, 1.807) is 24.3 Å². The van der Waals surface area contributed by atoms with Crippen molar-refractivity contribution < 1.29 is 14.3 Å². The molecule has 0 radical (unpaired) electrons. The van der Waals surface area contributed by atoms with E-state index in [1.807, 2.05) is 48.5 Å². The minimum atomic E-state index is -0.215. The fraction of sp³-hybridized carbons (Fsp3) is 0.200. The summed E-state index contributed by atoms with van der Waals surface area (Å²) in [6, 6.07) is 27.1. The van der Waals surface area contributed by atoms with Gasteiger partial charge in [-0.2, -0.15) is 5.10 Å². The maximum Gasteiger partial charge on any atom is 0.322 e. The zero-order valence-corrected chi connectivity index (χ0v) is 21.8. The van der Waals surface area contributed by atoms with Gasteiger partial charge in [-0.25, -0.2) is 10.1 Å². The first-order chi connectivity index (χ1) is 19.1. The van der Waals surface area contributed by atoms with Gasteiger partial charge in [0.1, 0.15) is 17.4 Å². The molecule has 3 aromatic carbocycles. The zero-order valence-electron chi connectivity index (χ0n) is 21.0. The number of fused-ring (bicyclic) bond motifs is 1. The van der Waals surface area contributed by atoms with Crippen LogP contribution in [0.4, 0.5) is 0 Å². The lowest BCUT2D eigenvalue weighted by molar-refractivity contribution is 0.0554. The number of nitrogens with one attached hydrogen (secondary N) is 2. The third kappa shape index (κ3) is 5.59. The van der Waals surface area contributed by atoms with Gasteiger partial charge in [0.2, 0.25) is 0 Å². The average Bonchev–Trinajstić information content (AvgIpc) is 3.42. The largest absolute Gasteiger partial charge is 0.489 e. The number of aromatic amines is 1. The molecule has 2 unspecified atom stereocenters. The van der Waals surface area contributed by atoms with Crippen molar-refractivity contribution in [2.75, 3.05) is 13.2 Å². The number of H-pyrrole nitrogens is 1. The van der Waals surface area contributed by atoms with Crippen molar-refractivity contribution >= 4 is 28.1 Å². The first-order valence-corrected chi connectivity index (χ1v) is 13.6. The number of aromatic nitrogens is 3. The highest BCUT2D eigenvalue weighted by Gasteiger charge is 2.31. The number of rotatable bonds is 7. The molecule has 1 saturated heterocycles. The number of amides is 1. The predicted molar refractivity (Wildman–Crippen MR) is 150 cm³/mol. The van der Waals surface area contributed by atoms with Crippen LogP contribution < -0.4 is 14.9 Å². The number of pyridine rings is 1. The quantitative estimate of drug-likeness (QED) is 0.304. The van der Waals surface area contributed by atoms with Crippen molar-refractivity contribution in [2.45, 2.75) is 25.0 Å². The van der Waals surface area contributed by atoms with Crippen LogP contribution in [0.2, 0.25) is 0 Å². The SMILES string of the molecule is O=C(NC1CCOCC1c1n[nH]c(=O)s1)c1ccc(OCc2cc(-c3ccccc3)nc3ccccc23)cc1. The highest BCUT2D eigenvalue weighted by Crippen LogP contribution is 2.28. The Morgan fingerprint density at radius 1 is 1.05 bits per heavy atom. The minimum absolute atomic E-state index is 0.162. The Hall–Kier alpha value is -4.34. The minimum Gasteiger partial charge on any atom is -0.489 e. The van der Waals surface area contributed by atoms with Crippen molar-refractivity contribution in [2.24, 2.45) is 0 Å². The van der Waals surface area contributed by atoms with Gasteiger partial charge in [-0.15, -0.1) is 0 Å². The standard InChI is InChI=1S/C30H26N4O4S/c35-28(32-26-14-15-37-18-24(26)29-33-34-30(36)39-29)20-10-12-22(13-11-20)38-17-21-16-27(19-6-2-1-3-7-19)31-25-9-5-4-8-23(21)25/h1-13,16,24,26H,14-15,17-18H2,(H,32,35)(H,34,36). The van der Waals surface area contributed by atoms with Crippen LogP contribution in [-0.4, -0.2) is 40.3 Å². The summed E-state index contributed by atoms with van der Waals surface area (Å²) in [4.78, 5) is 29.2. The lowest BCUT2D eigenvalue weighted by atomic mass is 9.96. The van der Waals surface area contributed by atoms with E-state index in [4.69, 9.17) is 14.5 Å². The van der Waals surface area contributed by atoms with Gasteiger partial charge >= 0.3 is 4.87 Å². The van der Waals surface area contributed by atoms with Gasteiger partial charge in [-0.1, -0.05) is 59.9 Å². The first kappa shape index (κ1) is 25.0. The van der Waals surface area contributed by atoms with E-state index < -0.39 is 0 Å². The van der Waals surface area contributed by atoms with E-state index >= 15 is 0 Å². The number of hydrogen-bond donors (Lipinski definition) is 2. The maximum atomic E-state index is 13.0. The van der Waals surface area contributed by atoms with E-state index in [1.165, 1.54) is 0 Å². The van der Waals surface area contributed by atoms with Crippen LogP contribution in [0.1, 0.15) is 33.3 Å². The monoisotopic (exact) mass is 538 g/mol. The van der Waals surface area contributed by atoms with Crippen LogP contribution in [-0.2, 0) is 11.3 Å². The van der Waals surface area contributed by atoms with Crippen LogP contribution in [0.3, 0.4) is 0 Å². The van der Waals surface area contributed by atoms with Gasteiger partial charge in [-0.05, 0) is 42.8 Å². The van der Waals surface area contributed by atoms with E-state index in [0.717, 1.165) is 39.1 Å². The van der Waals surface area contributed by atoms with Crippen LogP contribution in [0.15, 0.2) is 89.7 Å². The van der Waals surface area contributed by atoms with Gasteiger partial charge in [0.25, 0.3) is 5.91 Å². The van der Waals surface area contributed by atoms with Gasteiger partial charge in [0, 0.05) is 34.7 Å². The molecule has 2 atom stereocenters. The fourth-order valence-corrected chi connectivity index (χ4v) is 5.55. The molecule has 6 rings (SSSR count). The molecule has 1 amide bonds. The molecular weight excluding hydrogens is 512 g/mol. The first-order valence-electron chi connectivity index (χ1n) is 12.7. The van der Waals surface area contributed by atoms with Crippen molar-refractivity contribution in [3.8, 4) is 17.0 Å². The van der Waals surface area contributed by atoms with E-state index in [9.17, 15) is 9.59 Å². The second kappa shape index (κ2) is 11.2. The molecule has 2 N–H and O–H groups in total. The number of hydrogen-bond acceptors (Lipinski definition) is 7. The van der Waals surface area contributed by atoms with Crippen LogP contribution in [0, 0.1) is 0 Å². The molecule has 196 valence electrons. The average molecular weight is 539 g/mol. The summed E-state index contributed by atoms with van der Waals surface area (Å²) < 4.78 is 11.7. The molecule has 2 aromatic heterocycles. The van der Waals surface area contributed by atoms with Gasteiger partial charge in [0.15, 0.2) is 0 Å². The summed E-state index contributed by atoms with van der Waals surface area (Å²) in [7, 11) is 0. The number of nitrogens with zero attached hydrogens (tertiary/aromatic N) is 2. The number of carbonyl (C=O) groups excluding carboxylic acids is 1. The molecule has 5 aromatic rings. The Balaban J connectivity index is 1.15. The molecule has 39 heavy (non-hydrogen) atoms. The van der Waals surface area contributed by atoms with Crippen LogP contribution in [0.25, 0.3) is 22.2 Å². The molecule has 0 bridgehead atoms. The third-order valence-electron chi connectivity index (χ3n) is 6.83. The highest BCUT2D eigenvalue weighted by atomic mass is 32.1. The molecule has 1 fully saturated rings. The molecule has 0 spiro atoms. The Bertz CT molecular complexity index is 1650. The normalized spacial score (nSPS) is 17.1. The fourth-order valence-electron chi connectivity index (χ4n) is 4.79. The second-order valence-electron chi connectivity index (χ2n) is 9.36. The van der Waals surface area contributed by atoms with Crippen molar-refractivity contribution in [3.63, 3.8) is 0 Å². The van der Waals surface area contributed by atoms with Gasteiger partial charge < -0.3 is 14.8 Å². The molecular formula is C30H26N4O4S. The molecule has 1 aliphatic heterocycles. The van der Waals surface area contributed by atoms with Crippen LogP contribution >= 0.6 is 11.3 Å². The summed E-state index contributed by atoms with van der Waals surface area (Å²) in [6.07, 6.45) is 0.649. The predicted octanol–water partition coefficient (Wildman–Crippen LogP) is 4.93. The summed E-state index contributed by atoms with van der Waals surface area (Å²) in [5.41, 5.74) is 4.43. The molecule has 0 saturated carbocycles. The molecule has 8 nitrogen and oxygen atoms in total. The number of benzene rings is 3. The van der Waals surface area contributed by atoms with Gasteiger partial charge in [0.05, 0.1) is 23.7 Å². The van der Waals surface area contributed by atoms with E-state index in [-0.39, 0.29) is 22.7 Å². The topological polar surface area (TPSA) is 106 Å². The van der Waals surface area contributed by atoms with Crippen molar-refractivity contribution in [1.82, 2.24) is 20.5 Å². The number of carbonyl (C=O) groups is 1. The molecule has 1 aliphatic rings. The van der Waals surface area contributed by atoms with Gasteiger partial charge in [-0.3, -0.25) is 9.59 Å². The van der Waals surface area contributed by atoms with E-state index in [0.29, 0.717) is 42.6 Å². The van der Waals surface area contributed by atoms with Crippen molar-refractivity contribution in [3.05, 3.63) is 111 Å². The molecule has 3 heterocycles. The Labute approximate surface area is 228 Å². The van der Waals surface area contributed by atoms with Crippen molar-refractivity contribution in [1.29, 1.82) is 0 Å². The Morgan fingerprint density at radius 2 is 1.85 bits per heavy atom. The molecule has 0 aliphatic carbocycles. The number of para-hydroxylation sites is 1. The summed E-state index contributed by atoms with van der Waals surface area (Å²) >= 11 is 1.05. The third-order valence-corrected chi connectivity index (χ3v) is 7.71. The summed E-state index contributed by atoms with van der Waals surface area (Å²) in [5.74, 6) is 0.318. The Morgan fingerprint density at radius 3 is 2.64 bits per heavy atom. The van der Waals surface area contributed by atoms with E-state index in [2.05, 4.69) is 27.6 Å². The molecule has 9 heteroatoms. The lowest BCUT2D eigenvalue weighted by Crippen LogP contribution is -2.44. The highest BCUT2D eigenvalue weighted by molar-refractivity contribution is 7.08. The van der Waals surface area contributed by atoms with Crippen LogP contribution in [0.5, 0.6) is 5.75 Å². The second-order valence-corrected chi connectivity index (χ2v) is 10.4. The maximum absolute atomic E-state index is 13.0. The smallest absolute Gasteiger partial charge is 0.322 e. The number of ether oxygens (including phenoxy) is 2. The summed E-state index contributed by atoms with van der Waals surface area (Å²) in [5, 5.41) is 11.3. The zero-order chi connectivity index (χ0) is 26.6. The summed E-state index contributed by atoms with van der Waals surface area (Å²) in [6.45, 7) is 1.32.